The number of methoxy groups -OCH3 is 2. The summed E-state index contributed by atoms with van der Waals surface area (Å²) in [6, 6.07) is 19.5. The lowest BCUT2D eigenvalue weighted by atomic mass is 9.77. The number of hydrogen-bond acceptors (Lipinski definition) is 15. The second kappa shape index (κ2) is 31.6. The van der Waals surface area contributed by atoms with Crippen LogP contribution in [-0.4, -0.2) is 159 Å². The summed E-state index contributed by atoms with van der Waals surface area (Å²) in [4.78, 5) is 132. The molecule has 23 heteroatoms. The number of rotatable bonds is 10. The largest absolute Gasteiger partial charge is 0.481 e. The molecule has 0 unspecified atom stereocenters. The fourth-order valence-electron chi connectivity index (χ4n) is 15.4. The van der Waals surface area contributed by atoms with E-state index in [-0.39, 0.29) is 60.7 Å². The zero-order valence-corrected chi connectivity index (χ0v) is 55.1. The number of carbonyl (C=O) groups is 9. The van der Waals surface area contributed by atoms with E-state index in [2.05, 4.69) is 38.1 Å². The standard InChI is InChI=1S/C21H28N2O5.C14H18O2.C13H20N2O2.C12H18N2O2.C7H13NO2.CO2.ClH/c1-20(18(25)27-2)11-8-14-23(20)17(24)21(12-6-7-13-21)22-19(26)28-15-16-9-4-3-5-10-16;15-13(16)14(9-4-5-10-14)11-8-12-6-2-1-3-7-12;1-12-6-5-9-15(12)11(17)13(14-10(12)16)7-3-2-4-8-13;1-11-5-4-8-14(11)10(16)12(13-9(11)15)6-2-3-7-12;1-7(6(9)10-2)4-3-5-8-7;2-1-3;/h3-5,9-10H,6-8,11-15H2,1-2H3,(H,22,26);1-3,6-7H,4-5,8-11H2,(H,15,16);2-9H2,1H3,(H,14,16);2-8H2,1H3,(H,13,15);8H,3-5H2,1-2H3;;1H/t20-;;12-;11-;7-;;/m0.000../s1. The van der Waals surface area contributed by atoms with Crippen LogP contribution >= 0.6 is 12.4 Å². The predicted octanol–water partition coefficient (Wildman–Crippen LogP) is 8.19. The first-order valence-electron chi connectivity index (χ1n) is 32.7. The molecule has 0 radical (unpaired) electrons. The number of amides is 6. The van der Waals surface area contributed by atoms with Crippen LogP contribution in [0.2, 0.25) is 0 Å². The predicted molar refractivity (Wildman–Crippen MR) is 338 cm³/mol. The number of carboxylic acid groups (broad SMARTS) is 1. The third-order valence-corrected chi connectivity index (χ3v) is 21.1. The van der Waals surface area contributed by atoms with E-state index in [1.807, 2.05) is 79.1 Å². The quantitative estimate of drug-likeness (QED) is 0.111. The number of halogens is 1. The van der Waals surface area contributed by atoms with Gasteiger partial charge < -0.3 is 55.3 Å². The molecule has 4 aliphatic carbocycles. The van der Waals surface area contributed by atoms with E-state index in [9.17, 15) is 48.3 Å². The number of carboxylic acids is 1. The van der Waals surface area contributed by atoms with Gasteiger partial charge in [0.15, 0.2) is 0 Å². The van der Waals surface area contributed by atoms with E-state index in [1.165, 1.54) is 26.2 Å². The molecular weight excluding hydrogens is 1190 g/mol. The molecule has 6 amide bonds. The molecule has 5 N–H and O–H groups in total. The molecule has 6 saturated heterocycles. The van der Waals surface area contributed by atoms with Gasteiger partial charge in [-0.15, -0.1) is 12.4 Å². The Hall–Kier alpha value is -6.90. The maximum absolute atomic E-state index is 13.5. The molecule has 10 fully saturated rings. The summed E-state index contributed by atoms with van der Waals surface area (Å²) < 4.78 is 14.9. The van der Waals surface area contributed by atoms with Crippen molar-refractivity contribution in [2.75, 3.05) is 40.4 Å². The number of ether oxygens (including phenoxy) is 3. The van der Waals surface area contributed by atoms with Crippen LogP contribution in [0.15, 0.2) is 60.7 Å². The van der Waals surface area contributed by atoms with Crippen molar-refractivity contribution in [1.29, 1.82) is 0 Å². The lowest BCUT2D eigenvalue weighted by molar-refractivity contribution is -0.192. The molecule has 502 valence electrons. The van der Waals surface area contributed by atoms with Crippen molar-refractivity contribution >= 4 is 72.1 Å². The van der Waals surface area contributed by atoms with Crippen molar-refractivity contribution in [3.8, 4) is 0 Å². The van der Waals surface area contributed by atoms with E-state index in [4.69, 9.17) is 19.1 Å². The highest BCUT2D eigenvalue weighted by Crippen LogP contribution is 2.45. The lowest BCUT2D eigenvalue weighted by Crippen LogP contribution is -2.73. The first kappa shape index (κ1) is 73.2. The van der Waals surface area contributed by atoms with Gasteiger partial charge in [-0.25, -0.2) is 9.59 Å². The molecule has 22 nitrogen and oxygen atoms in total. The molecule has 0 aromatic heterocycles. The number of fused-ring (bicyclic) bond motifs is 2. The summed E-state index contributed by atoms with van der Waals surface area (Å²) >= 11 is 0. The molecule has 4 saturated carbocycles. The van der Waals surface area contributed by atoms with Gasteiger partial charge in [0, 0.05) is 19.6 Å². The Kier molecular flexibility index (Phi) is 25.4. The first-order chi connectivity index (χ1) is 42.9. The Balaban J connectivity index is 0.000000185. The number of likely N-dealkylation sites (tertiary alicyclic amines) is 1. The fourth-order valence-corrected chi connectivity index (χ4v) is 15.4. The van der Waals surface area contributed by atoms with Crippen LogP contribution in [0.1, 0.15) is 206 Å². The minimum atomic E-state index is -1.02. The fraction of sp³-hybridized carbons (Fsp3) is 0.676. The van der Waals surface area contributed by atoms with Crippen molar-refractivity contribution in [1.82, 2.24) is 36.0 Å². The highest BCUT2D eigenvalue weighted by molar-refractivity contribution is 6.03. The summed E-state index contributed by atoms with van der Waals surface area (Å²) in [6.45, 7) is 10.5. The van der Waals surface area contributed by atoms with Gasteiger partial charge in [0.25, 0.3) is 0 Å². The monoisotopic (exact) mass is 1290 g/mol. The third-order valence-electron chi connectivity index (χ3n) is 21.1. The number of nitrogens with one attached hydrogen (secondary N) is 4. The van der Waals surface area contributed by atoms with Gasteiger partial charge in [0.1, 0.15) is 45.4 Å². The van der Waals surface area contributed by atoms with Gasteiger partial charge in [-0.3, -0.25) is 33.6 Å². The van der Waals surface area contributed by atoms with Gasteiger partial charge in [-0.05, 0) is 161 Å². The van der Waals surface area contributed by atoms with E-state index in [1.54, 1.807) is 11.8 Å². The molecule has 4 atom stereocenters. The minimum Gasteiger partial charge on any atom is -0.481 e. The highest BCUT2D eigenvalue weighted by atomic mass is 35.5. The molecule has 12 rings (SSSR count). The number of alkyl carbamates (subject to hydrolysis) is 1. The Bertz CT molecular complexity index is 2900. The van der Waals surface area contributed by atoms with E-state index in [0.29, 0.717) is 25.8 Å². The van der Waals surface area contributed by atoms with E-state index >= 15 is 0 Å². The van der Waals surface area contributed by atoms with Gasteiger partial charge in [-0.1, -0.05) is 118 Å². The molecule has 2 spiro atoms. The molecule has 91 heavy (non-hydrogen) atoms. The Morgan fingerprint density at radius 1 is 0.560 bits per heavy atom. The minimum absolute atomic E-state index is 0. The summed E-state index contributed by atoms with van der Waals surface area (Å²) in [6.07, 6.45) is 23.4. The second-order valence-corrected chi connectivity index (χ2v) is 27.0. The van der Waals surface area contributed by atoms with Crippen molar-refractivity contribution in [2.24, 2.45) is 5.41 Å². The Labute approximate surface area is 541 Å². The number of carbonyl (C=O) groups excluding carboxylic acids is 10. The van der Waals surface area contributed by atoms with E-state index < -0.39 is 62.2 Å². The molecule has 10 aliphatic rings. The van der Waals surface area contributed by atoms with Crippen LogP contribution in [0.4, 0.5) is 4.79 Å². The molecule has 6 aliphatic heterocycles. The number of hydrogen-bond donors (Lipinski definition) is 5. The normalized spacial score (nSPS) is 27.2. The van der Waals surface area contributed by atoms with Crippen LogP contribution in [-0.2, 0) is 75.2 Å². The van der Waals surface area contributed by atoms with Gasteiger partial charge in [0.05, 0.1) is 19.6 Å². The Morgan fingerprint density at radius 3 is 1.47 bits per heavy atom. The highest BCUT2D eigenvalue weighted by Gasteiger charge is 2.60. The zero-order valence-electron chi connectivity index (χ0n) is 54.3. The molecule has 2 aromatic carbocycles. The zero-order chi connectivity index (χ0) is 65.4. The van der Waals surface area contributed by atoms with Crippen LogP contribution in [0, 0.1) is 5.41 Å². The smallest absolute Gasteiger partial charge is 0.408 e. The Morgan fingerprint density at radius 2 is 1.01 bits per heavy atom. The number of esters is 2. The second-order valence-electron chi connectivity index (χ2n) is 27.0. The molecule has 6 heterocycles. The van der Waals surface area contributed by atoms with Crippen LogP contribution in [0.5, 0.6) is 0 Å². The lowest BCUT2D eigenvalue weighted by Gasteiger charge is -2.49. The average molecular weight is 1290 g/mol. The van der Waals surface area contributed by atoms with Gasteiger partial charge in [0.2, 0.25) is 29.5 Å². The number of aryl methyl sites for hydroxylation is 1. The van der Waals surface area contributed by atoms with Gasteiger partial charge in [-0.2, -0.15) is 9.59 Å². The van der Waals surface area contributed by atoms with Gasteiger partial charge >= 0.3 is 30.2 Å². The summed E-state index contributed by atoms with van der Waals surface area (Å²) in [5.74, 6) is -0.902. The number of aliphatic carboxylic acids is 1. The summed E-state index contributed by atoms with van der Waals surface area (Å²) in [5.41, 5.74) is -2.96. The maximum atomic E-state index is 13.5. The number of piperazine rings is 2. The van der Waals surface area contributed by atoms with Crippen LogP contribution < -0.4 is 21.3 Å². The van der Waals surface area contributed by atoms with Crippen molar-refractivity contribution in [3.05, 3.63) is 71.8 Å². The molecular formula is C68H98ClN7O15. The summed E-state index contributed by atoms with van der Waals surface area (Å²) in [5, 5.41) is 21.4. The summed E-state index contributed by atoms with van der Waals surface area (Å²) in [7, 11) is 2.76. The van der Waals surface area contributed by atoms with Crippen LogP contribution in [0.3, 0.4) is 0 Å². The first-order valence-corrected chi connectivity index (χ1v) is 32.7. The average Bonchev–Trinajstić information content (AvgIpc) is 1.70. The van der Waals surface area contributed by atoms with Crippen LogP contribution in [0.25, 0.3) is 0 Å². The maximum Gasteiger partial charge on any atom is 0.408 e. The van der Waals surface area contributed by atoms with E-state index in [0.717, 1.165) is 173 Å². The SMILES string of the molecule is COC(=O)[C@]1(C)CCCN1.COC(=O)[C@]1(C)CCCN1C(=O)C1(NC(=O)OCc2ccccc2)CCCC1.C[C@@]12CCCN1C(=O)C1(CCCC1)NC2=O.C[C@@]12CCCN1C(=O)C1(CCCCC1)NC2=O.Cl.O=C(O)C1(CCc2ccccc2)CCCC1.O=C=O. The molecule has 0 bridgehead atoms. The third kappa shape index (κ3) is 16.1. The number of benzene rings is 2. The van der Waals surface area contributed by atoms with Crippen molar-refractivity contribution < 1.29 is 72.1 Å². The molecule has 2 aromatic rings. The number of nitrogens with zero attached hydrogens (tertiary/aromatic N) is 3. The topological polar surface area (TPSA) is 294 Å². The van der Waals surface area contributed by atoms with Crippen molar-refractivity contribution in [3.63, 3.8) is 0 Å². The van der Waals surface area contributed by atoms with Crippen molar-refractivity contribution in [2.45, 2.75) is 246 Å².